The zero-order chi connectivity index (χ0) is 26.4. The van der Waals surface area contributed by atoms with E-state index in [1.165, 1.54) is 0 Å². The van der Waals surface area contributed by atoms with Crippen LogP contribution in [0.5, 0.6) is 0 Å². The third kappa shape index (κ3) is 6.93. The molecule has 0 spiro atoms. The van der Waals surface area contributed by atoms with Gasteiger partial charge in [-0.2, -0.15) is 48.3 Å². The minimum atomic E-state index is -6.14. The van der Waals surface area contributed by atoms with Gasteiger partial charge in [-0.3, -0.25) is 4.90 Å². The smallest absolute Gasteiger partial charge is 0.363 e. The van der Waals surface area contributed by atoms with Crippen molar-refractivity contribution in [3.8, 4) is 0 Å². The second-order valence-corrected chi connectivity index (χ2v) is 7.16. The molecule has 1 heterocycles. The van der Waals surface area contributed by atoms with E-state index in [0.717, 1.165) is 0 Å². The highest BCUT2D eigenvalue weighted by molar-refractivity contribution is 4.94. The topological polar surface area (TPSA) is 21.7 Å². The molecular weight excluding hydrogens is 511 g/mol. The highest BCUT2D eigenvalue weighted by atomic mass is 19.4. The van der Waals surface area contributed by atoms with Gasteiger partial charge in [-0.25, -0.2) is 17.6 Å². The number of alkyl halides is 15. The first kappa shape index (κ1) is 29.9. The van der Waals surface area contributed by atoms with E-state index in [2.05, 4.69) is 9.47 Å². The molecule has 0 aromatic heterocycles. The first-order chi connectivity index (χ1) is 14.4. The lowest BCUT2D eigenvalue weighted by Gasteiger charge is -2.43. The number of morpholine rings is 1. The summed E-state index contributed by atoms with van der Waals surface area (Å²) >= 11 is 0. The van der Waals surface area contributed by atoms with E-state index >= 15 is 0 Å². The molecule has 33 heavy (non-hydrogen) atoms. The molecule has 1 rings (SSSR count). The maximum Gasteiger partial charge on any atom is 0.425 e. The lowest BCUT2D eigenvalue weighted by atomic mass is 10.1. The standard InChI is InChI=1S/C15H16F15NO2/c1-5(11(18,19)9(16)15(28,29)30)32-6(2)12(20,21)10(17)31-3-7(13(22,23)24)33-8(4-31)14(25,26)27/h5-10H,3-4H2,1-2H3/t5?,6?,7?,8?,9-,10?/m0/s1. The predicted molar refractivity (Wildman–Crippen MR) is 78.1 cm³/mol. The van der Waals surface area contributed by atoms with Crippen LogP contribution in [-0.4, -0.2) is 85.2 Å². The van der Waals surface area contributed by atoms with E-state index in [-0.39, 0.29) is 13.8 Å². The SMILES string of the molecule is CC(OC(C)C(F)(F)[C@H](F)C(F)(F)F)C(F)(F)C(F)N1CC(C(F)(F)F)OC(C(F)(F)F)C1. The van der Waals surface area contributed by atoms with Crippen LogP contribution in [0.2, 0.25) is 0 Å². The molecule has 18 heteroatoms. The Labute approximate surface area is 175 Å². The molecule has 0 bridgehead atoms. The molecule has 5 unspecified atom stereocenters. The molecule has 1 aliphatic rings. The van der Waals surface area contributed by atoms with Gasteiger partial charge >= 0.3 is 30.4 Å². The Balaban J connectivity index is 3.08. The van der Waals surface area contributed by atoms with Crippen LogP contribution in [0.1, 0.15) is 13.8 Å². The van der Waals surface area contributed by atoms with Gasteiger partial charge in [0.15, 0.2) is 12.2 Å². The monoisotopic (exact) mass is 527 g/mol. The summed E-state index contributed by atoms with van der Waals surface area (Å²) in [4.78, 5) is -0.615. The largest absolute Gasteiger partial charge is 0.425 e. The van der Waals surface area contributed by atoms with Gasteiger partial charge in [-0.05, 0) is 13.8 Å². The number of hydrogen-bond acceptors (Lipinski definition) is 3. The van der Waals surface area contributed by atoms with E-state index in [4.69, 9.17) is 0 Å². The normalized spacial score (nSPS) is 26.1. The predicted octanol–water partition coefficient (Wildman–Crippen LogP) is 5.44. The second kappa shape index (κ2) is 9.47. The molecule has 0 aliphatic carbocycles. The zero-order valence-electron chi connectivity index (χ0n) is 16.3. The minimum Gasteiger partial charge on any atom is -0.363 e. The average molecular weight is 527 g/mol. The van der Waals surface area contributed by atoms with Crippen molar-refractivity contribution in [3.63, 3.8) is 0 Å². The average Bonchev–Trinajstić information content (AvgIpc) is 2.63. The first-order valence-corrected chi connectivity index (χ1v) is 8.72. The summed E-state index contributed by atoms with van der Waals surface area (Å²) in [7, 11) is 0. The second-order valence-electron chi connectivity index (χ2n) is 7.16. The fourth-order valence-corrected chi connectivity index (χ4v) is 2.68. The van der Waals surface area contributed by atoms with Crippen LogP contribution >= 0.6 is 0 Å². The van der Waals surface area contributed by atoms with Crippen molar-refractivity contribution < 1.29 is 75.3 Å². The number of ether oxygens (including phenoxy) is 2. The van der Waals surface area contributed by atoms with E-state index in [1.54, 1.807) is 0 Å². The van der Waals surface area contributed by atoms with E-state index in [0.29, 0.717) is 0 Å². The minimum absolute atomic E-state index is 0.0340. The molecule has 1 aliphatic heterocycles. The zero-order valence-corrected chi connectivity index (χ0v) is 16.3. The summed E-state index contributed by atoms with van der Waals surface area (Å²) in [6.45, 7) is -3.56. The molecule has 6 atom stereocenters. The number of nitrogens with zero attached hydrogens (tertiary/aromatic N) is 1. The highest BCUT2D eigenvalue weighted by Gasteiger charge is 2.62. The lowest BCUT2D eigenvalue weighted by molar-refractivity contribution is -0.325. The van der Waals surface area contributed by atoms with Crippen LogP contribution in [0.15, 0.2) is 0 Å². The quantitative estimate of drug-likeness (QED) is 0.325. The van der Waals surface area contributed by atoms with Gasteiger partial charge in [-0.15, -0.1) is 0 Å². The third-order valence-corrected chi connectivity index (χ3v) is 4.62. The molecule has 198 valence electrons. The summed E-state index contributed by atoms with van der Waals surface area (Å²) in [5.41, 5.74) is 0. The maximum atomic E-state index is 14.4. The molecule has 0 aromatic rings. The van der Waals surface area contributed by atoms with Crippen LogP contribution in [0.3, 0.4) is 0 Å². The maximum absolute atomic E-state index is 14.4. The highest BCUT2D eigenvalue weighted by Crippen LogP contribution is 2.41. The van der Waals surface area contributed by atoms with Gasteiger partial charge in [0.05, 0.1) is 0 Å². The van der Waals surface area contributed by atoms with Gasteiger partial charge in [-0.1, -0.05) is 0 Å². The Hall–Kier alpha value is -1.17. The van der Waals surface area contributed by atoms with Crippen molar-refractivity contribution >= 4 is 0 Å². The van der Waals surface area contributed by atoms with Gasteiger partial charge in [0.2, 0.25) is 6.30 Å². The van der Waals surface area contributed by atoms with E-state index < -0.39 is 85.2 Å². The third-order valence-electron chi connectivity index (χ3n) is 4.62. The summed E-state index contributed by atoms with van der Waals surface area (Å²) < 4.78 is 204. The number of hydrogen-bond donors (Lipinski definition) is 0. The molecule has 1 saturated heterocycles. The fourth-order valence-electron chi connectivity index (χ4n) is 2.68. The van der Waals surface area contributed by atoms with Crippen LogP contribution < -0.4 is 0 Å². The summed E-state index contributed by atoms with van der Waals surface area (Å²) in [6, 6.07) is 0. The van der Waals surface area contributed by atoms with Crippen molar-refractivity contribution in [2.75, 3.05) is 13.1 Å². The van der Waals surface area contributed by atoms with Crippen molar-refractivity contribution in [2.45, 2.75) is 81.1 Å². The van der Waals surface area contributed by atoms with Gasteiger partial charge < -0.3 is 9.47 Å². The summed E-state index contributed by atoms with van der Waals surface area (Å²) in [5.74, 6) is -10.6. The van der Waals surface area contributed by atoms with Crippen LogP contribution in [-0.2, 0) is 9.47 Å². The molecule has 0 saturated carbocycles. The molecule has 3 nitrogen and oxygen atoms in total. The number of rotatable bonds is 7. The first-order valence-electron chi connectivity index (χ1n) is 8.72. The summed E-state index contributed by atoms with van der Waals surface area (Å²) in [6.07, 6.45) is -39.2. The van der Waals surface area contributed by atoms with Crippen LogP contribution in [0.4, 0.5) is 65.9 Å². The Morgan fingerprint density at radius 1 is 0.697 bits per heavy atom. The van der Waals surface area contributed by atoms with Crippen molar-refractivity contribution in [1.82, 2.24) is 4.90 Å². The van der Waals surface area contributed by atoms with Crippen LogP contribution in [0, 0.1) is 0 Å². The molecule has 0 radical (unpaired) electrons. The fraction of sp³-hybridized carbons (Fsp3) is 1.00. The Kier molecular flexibility index (Phi) is 8.57. The lowest BCUT2D eigenvalue weighted by Crippen LogP contribution is -2.63. The Bertz CT molecular complexity index is 625. The van der Waals surface area contributed by atoms with Crippen molar-refractivity contribution in [1.29, 1.82) is 0 Å². The summed E-state index contributed by atoms with van der Waals surface area (Å²) in [5, 5.41) is 0. The van der Waals surface area contributed by atoms with Crippen molar-refractivity contribution in [3.05, 3.63) is 0 Å². The molecule has 0 N–H and O–H groups in total. The Morgan fingerprint density at radius 3 is 1.39 bits per heavy atom. The molecule has 1 fully saturated rings. The van der Waals surface area contributed by atoms with Crippen LogP contribution in [0.25, 0.3) is 0 Å². The Morgan fingerprint density at radius 2 is 1.06 bits per heavy atom. The molecule has 0 amide bonds. The number of halogens is 15. The molecular formula is C15H16F15NO2. The van der Waals surface area contributed by atoms with E-state index in [1.807, 2.05) is 0 Å². The van der Waals surface area contributed by atoms with Gasteiger partial charge in [0.1, 0.15) is 12.2 Å². The van der Waals surface area contributed by atoms with E-state index in [9.17, 15) is 65.9 Å². The van der Waals surface area contributed by atoms with Gasteiger partial charge in [0.25, 0.3) is 6.17 Å². The molecule has 0 aromatic carbocycles. The van der Waals surface area contributed by atoms with Crippen molar-refractivity contribution in [2.24, 2.45) is 0 Å². The van der Waals surface area contributed by atoms with Gasteiger partial charge in [0, 0.05) is 13.1 Å².